The number of benzene rings is 2. The third-order valence-corrected chi connectivity index (χ3v) is 9.39. The number of amides is 3. The predicted molar refractivity (Wildman–Crippen MR) is 173 cm³/mol. The number of carbonyl (C=O) groups is 4. The molecule has 2 aromatic rings. The summed E-state index contributed by atoms with van der Waals surface area (Å²) in [4.78, 5) is 58.1. The van der Waals surface area contributed by atoms with E-state index in [1.807, 2.05) is 30.3 Å². The zero-order valence-corrected chi connectivity index (χ0v) is 26.4. The summed E-state index contributed by atoms with van der Waals surface area (Å²) in [5.74, 6) is -3.52. The summed E-state index contributed by atoms with van der Waals surface area (Å²) in [5, 5.41) is 12.9. The van der Waals surface area contributed by atoms with Crippen LogP contribution < -0.4 is 10.2 Å². The summed E-state index contributed by atoms with van der Waals surface area (Å²) < 4.78 is 12.6. The molecule has 3 heterocycles. The Kier molecular flexibility index (Phi) is 10.6. The number of fused-ring (bicyclic) bond motifs is 1. The highest BCUT2D eigenvalue weighted by atomic mass is 35.5. The van der Waals surface area contributed by atoms with Gasteiger partial charge in [0.15, 0.2) is 0 Å². The Bertz CT molecular complexity index is 1470. The lowest BCUT2D eigenvalue weighted by atomic mass is 9.70. The third-order valence-electron chi connectivity index (χ3n) is 9.07. The molecule has 0 unspecified atom stereocenters. The number of esters is 1. The first-order valence-electron chi connectivity index (χ1n) is 15.7. The first-order valence-corrected chi connectivity index (χ1v) is 16.0. The van der Waals surface area contributed by atoms with Crippen molar-refractivity contribution in [2.24, 2.45) is 11.8 Å². The number of likely N-dealkylation sites (tertiary alicyclic amines) is 1. The largest absolute Gasteiger partial charge is 0.455 e. The predicted octanol–water partition coefficient (Wildman–Crippen LogP) is 3.98. The molecular weight excluding hydrogens is 610 g/mol. The molecular formula is C35H40ClN3O7. The topological polar surface area (TPSA) is 125 Å². The van der Waals surface area contributed by atoms with Crippen molar-refractivity contribution in [2.75, 3.05) is 31.1 Å². The van der Waals surface area contributed by atoms with E-state index in [9.17, 15) is 24.3 Å². The average molecular weight is 650 g/mol. The molecule has 5 rings (SSSR count). The number of allylic oxidation sites excluding steroid dienone is 1. The van der Waals surface area contributed by atoms with Gasteiger partial charge in [-0.15, -0.1) is 13.2 Å². The third kappa shape index (κ3) is 6.34. The van der Waals surface area contributed by atoms with Crippen molar-refractivity contribution in [3.8, 4) is 0 Å². The molecule has 3 saturated heterocycles. The van der Waals surface area contributed by atoms with Crippen LogP contribution >= 0.6 is 11.6 Å². The highest BCUT2D eigenvalue weighted by molar-refractivity contribution is 6.34. The quantitative estimate of drug-likeness (QED) is 0.221. The normalized spacial score (nSPS) is 25.1. The van der Waals surface area contributed by atoms with Crippen molar-refractivity contribution in [1.29, 1.82) is 0 Å². The fourth-order valence-electron chi connectivity index (χ4n) is 7.08. The number of hydrogen-bond donors (Lipinski definition) is 2. The van der Waals surface area contributed by atoms with Crippen molar-refractivity contribution in [3.05, 3.63) is 90.5 Å². The van der Waals surface area contributed by atoms with E-state index in [1.54, 1.807) is 36.4 Å². The van der Waals surface area contributed by atoms with Crippen LogP contribution in [0, 0.1) is 11.8 Å². The lowest BCUT2D eigenvalue weighted by Gasteiger charge is -2.37. The highest BCUT2D eigenvalue weighted by Gasteiger charge is 2.75. The molecule has 46 heavy (non-hydrogen) atoms. The van der Waals surface area contributed by atoms with E-state index in [4.69, 9.17) is 21.1 Å². The Labute approximate surface area is 274 Å². The Morgan fingerprint density at radius 1 is 1.15 bits per heavy atom. The number of nitrogens with one attached hydrogen (secondary N) is 1. The summed E-state index contributed by atoms with van der Waals surface area (Å²) >= 11 is 6.51. The SMILES string of the molecule is C=CCCC(=O)NC[C@H](OC(=O)[C@@H]1[C@H]2C(=O)N(CCCO)[C@H](C(=O)N(CC=C)c3ccccc3Cl)[C@]23CC[C@H]1O3)c1ccccc1. The molecule has 0 aromatic heterocycles. The number of halogens is 1. The molecule has 10 nitrogen and oxygen atoms in total. The minimum Gasteiger partial charge on any atom is -0.455 e. The summed E-state index contributed by atoms with van der Waals surface area (Å²) in [7, 11) is 0. The van der Waals surface area contributed by atoms with Gasteiger partial charge in [-0.2, -0.15) is 0 Å². The van der Waals surface area contributed by atoms with Gasteiger partial charge < -0.3 is 29.7 Å². The van der Waals surface area contributed by atoms with Gasteiger partial charge in [0.25, 0.3) is 5.91 Å². The van der Waals surface area contributed by atoms with Crippen molar-refractivity contribution in [2.45, 2.75) is 56.0 Å². The van der Waals surface area contributed by atoms with Crippen molar-refractivity contribution >= 4 is 41.0 Å². The number of aliphatic hydroxyl groups is 1. The molecule has 3 aliphatic rings. The van der Waals surface area contributed by atoms with Crippen molar-refractivity contribution in [1.82, 2.24) is 10.2 Å². The lowest BCUT2D eigenvalue weighted by Crippen LogP contribution is -2.56. The van der Waals surface area contributed by atoms with Crippen LogP contribution in [0.2, 0.25) is 5.02 Å². The summed E-state index contributed by atoms with van der Waals surface area (Å²) in [6.45, 7) is 7.56. The molecule has 0 aliphatic carbocycles. The summed E-state index contributed by atoms with van der Waals surface area (Å²) in [6, 6.07) is 15.0. The van der Waals surface area contributed by atoms with Gasteiger partial charge in [0.05, 0.1) is 35.2 Å². The Hall–Kier alpha value is -3.99. The first-order chi connectivity index (χ1) is 22.3. The molecule has 2 N–H and O–H groups in total. The summed E-state index contributed by atoms with van der Waals surface area (Å²) in [5.41, 5.74) is -0.110. The zero-order chi connectivity index (χ0) is 32.8. The lowest BCUT2D eigenvalue weighted by molar-refractivity contribution is -0.160. The smallest absolute Gasteiger partial charge is 0.313 e. The maximum absolute atomic E-state index is 14.5. The van der Waals surface area contributed by atoms with E-state index in [0.717, 1.165) is 0 Å². The second kappa shape index (κ2) is 14.6. The molecule has 3 amide bonds. The van der Waals surface area contributed by atoms with E-state index in [2.05, 4.69) is 18.5 Å². The van der Waals surface area contributed by atoms with E-state index >= 15 is 0 Å². The van der Waals surface area contributed by atoms with Crippen LogP contribution in [0.15, 0.2) is 79.9 Å². The van der Waals surface area contributed by atoms with Crippen LogP contribution in [-0.4, -0.2) is 77.7 Å². The molecule has 3 fully saturated rings. The maximum atomic E-state index is 14.5. The van der Waals surface area contributed by atoms with Gasteiger partial charge in [-0.3, -0.25) is 19.2 Å². The van der Waals surface area contributed by atoms with Gasteiger partial charge in [-0.1, -0.05) is 66.2 Å². The van der Waals surface area contributed by atoms with E-state index < -0.39 is 47.6 Å². The molecule has 1 spiro atoms. The van der Waals surface area contributed by atoms with E-state index in [-0.39, 0.29) is 50.9 Å². The van der Waals surface area contributed by atoms with Crippen LogP contribution in [0.3, 0.4) is 0 Å². The molecule has 0 radical (unpaired) electrons. The second-order valence-electron chi connectivity index (χ2n) is 11.8. The zero-order valence-electron chi connectivity index (χ0n) is 25.7. The van der Waals surface area contributed by atoms with E-state index in [0.29, 0.717) is 35.5 Å². The van der Waals surface area contributed by atoms with Gasteiger partial charge in [-0.05, 0) is 43.4 Å². The summed E-state index contributed by atoms with van der Waals surface area (Å²) in [6.07, 6.45) is 3.69. The monoisotopic (exact) mass is 649 g/mol. The number of hydrogen-bond acceptors (Lipinski definition) is 7. The van der Waals surface area contributed by atoms with Crippen LogP contribution in [0.4, 0.5) is 5.69 Å². The van der Waals surface area contributed by atoms with Crippen molar-refractivity contribution < 1.29 is 33.8 Å². The molecule has 0 saturated carbocycles. The standard InChI is InChI=1S/C35H40ClN3O7/c1-3-5-16-28(41)37-22-27(23-12-7-6-8-13-23)45-34(44)29-26-17-18-35(46-26)30(29)32(42)39(20-11-21-40)31(35)33(43)38(19-4-2)25-15-10-9-14-24(25)36/h3-4,6-10,12-15,26-27,29-31,40H,1-2,5,11,16-22H2,(H,37,41)/t26-,27+,29+,30+,31-,35+/m1/s1. The van der Waals surface area contributed by atoms with Crippen LogP contribution in [-0.2, 0) is 28.7 Å². The number of rotatable bonds is 15. The van der Waals surface area contributed by atoms with Gasteiger partial charge in [0.1, 0.15) is 17.7 Å². The highest BCUT2D eigenvalue weighted by Crippen LogP contribution is 2.59. The molecule has 2 bridgehead atoms. The number of carbonyl (C=O) groups excluding carboxylic acids is 4. The van der Waals surface area contributed by atoms with Crippen LogP contribution in [0.1, 0.15) is 43.8 Å². The molecule has 3 aliphatic heterocycles. The van der Waals surface area contributed by atoms with Gasteiger partial charge in [0.2, 0.25) is 11.8 Å². The molecule has 6 atom stereocenters. The van der Waals surface area contributed by atoms with Gasteiger partial charge >= 0.3 is 5.97 Å². The fourth-order valence-corrected chi connectivity index (χ4v) is 7.32. The minimum absolute atomic E-state index is 0.0474. The van der Waals surface area contributed by atoms with Gasteiger partial charge in [-0.25, -0.2) is 0 Å². The molecule has 11 heteroatoms. The number of anilines is 1. The van der Waals surface area contributed by atoms with Gasteiger partial charge in [0, 0.05) is 26.1 Å². The first kappa shape index (κ1) is 33.4. The van der Waals surface area contributed by atoms with Crippen molar-refractivity contribution in [3.63, 3.8) is 0 Å². The molecule has 244 valence electrons. The maximum Gasteiger partial charge on any atom is 0.313 e. The molecule has 2 aromatic carbocycles. The minimum atomic E-state index is -1.26. The number of para-hydroxylation sites is 1. The Morgan fingerprint density at radius 3 is 2.59 bits per heavy atom. The second-order valence-corrected chi connectivity index (χ2v) is 12.2. The number of nitrogens with zero attached hydrogens (tertiary/aromatic N) is 2. The van der Waals surface area contributed by atoms with E-state index in [1.165, 1.54) is 9.80 Å². The van der Waals surface area contributed by atoms with Crippen LogP contribution in [0.25, 0.3) is 0 Å². The number of aliphatic hydroxyl groups excluding tert-OH is 1. The number of ether oxygens (including phenoxy) is 2. The fraction of sp³-hybridized carbons (Fsp3) is 0.429. The Morgan fingerprint density at radius 2 is 1.89 bits per heavy atom. The Balaban J connectivity index is 1.45. The average Bonchev–Trinajstić information content (AvgIpc) is 3.71. The van der Waals surface area contributed by atoms with Crippen LogP contribution in [0.5, 0.6) is 0 Å².